The molecular weight excluding hydrogens is 224 g/mol. The molecule has 0 unspecified atom stereocenters. The van der Waals surface area contributed by atoms with E-state index in [0.29, 0.717) is 5.92 Å². The molecule has 2 N–H and O–H groups in total. The predicted molar refractivity (Wildman–Crippen MR) is 74.2 cm³/mol. The molecule has 1 saturated heterocycles. The molecule has 94 valence electrons. The topological polar surface area (TPSA) is 44.9 Å². The first-order valence-corrected chi connectivity index (χ1v) is 6.58. The van der Waals surface area contributed by atoms with E-state index in [1.165, 1.54) is 18.4 Å². The lowest BCUT2D eigenvalue weighted by Gasteiger charge is -2.23. The van der Waals surface area contributed by atoms with E-state index in [2.05, 4.69) is 22.4 Å². The van der Waals surface area contributed by atoms with Crippen LogP contribution in [0.3, 0.4) is 0 Å². The second-order valence-electron chi connectivity index (χ2n) is 5.15. The highest BCUT2D eigenvalue weighted by molar-refractivity contribution is 5.79. The molecule has 3 heteroatoms. The number of benzene rings is 1. The summed E-state index contributed by atoms with van der Waals surface area (Å²) in [6.07, 6.45) is 2.40. The molecule has 0 bridgehead atoms. The number of H-pyrrole nitrogens is 1. The summed E-state index contributed by atoms with van der Waals surface area (Å²) in [5, 5.41) is 4.53. The number of hydrogen-bond acceptors (Lipinski definition) is 2. The van der Waals surface area contributed by atoms with E-state index < -0.39 is 0 Å². The van der Waals surface area contributed by atoms with Crippen LogP contribution in [0.2, 0.25) is 0 Å². The van der Waals surface area contributed by atoms with E-state index in [1.54, 1.807) is 0 Å². The monoisotopic (exact) mass is 242 g/mol. The number of pyridine rings is 1. The number of nitrogens with one attached hydrogen (secondary N) is 2. The fourth-order valence-corrected chi connectivity index (χ4v) is 2.74. The van der Waals surface area contributed by atoms with Gasteiger partial charge in [0.05, 0.1) is 0 Å². The summed E-state index contributed by atoms with van der Waals surface area (Å²) >= 11 is 0. The van der Waals surface area contributed by atoms with Crippen molar-refractivity contribution in [2.75, 3.05) is 13.1 Å². The quantitative estimate of drug-likeness (QED) is 0.806. The number of aromatic amines is 1. The molecule has 0 radical (unpaired) electrons. The van der Waals surface area contributed by atoms with E-state index in [1.807, 2.05) is 19.1 Å². The zero-order valence-corrected chi connectivity index (χ0v) is 10.6. The maximum Gasteiger partial charge on any atom is 0.251 e. The zero-order chi connectivity index (χ0) is 12.5. The minimum atomic E-state index is 0.0112. The Balaban J connectivity index is 2.04. The summed E-state index contributed by atoms with van der Waals surface area (Å²) in [5.74, 6) is 0.655. The Bertz CT molecular complexity index is 624. The third-order valence-corrected chi connectivity index (χ3v) is 3.86. The standard InChI is InChI=1S/C15H18N2O/c1-10-8-13-9-12(11-4-6-16-7-5-11)2-3-14(13)17-15(10)18/h2-3,8-9,11,16H,4-7H2,1H3,(H,17,18). The van der Waals surface area contributed by atoms with Crippen LogP contribution in [0.5, 0.6) is 0 Å². The van der Waals surface area contributed by atoms with Crippen molar-refractivity contribution in [1.29, 1.82) is 0 Å². The Labute approximate surface area is 106 Å². The highest BCUT2D eigenvalue weighted by atomic mass is 16.1. The van der Waals surface area contributed by atoms with Gasteiger partial charge in [-0.25, -0.2) is 0 Å². The molecule has 1 aromatic heterocycles. The number of aromatic nitrogens is 1. The molecule has 2 heterocycles. The van der Waals surface area contributed by atoms with Gasteiger partial charge in [-0.3, -0.25) is 4.79 Å². The van der Waals surface area contributed by atoms with E-state index in [0.717, 1.165) is 29.6 Å². The molecular formula is C15H18N2O. The van der Waals surface area contributed by atoms with Crippen molar-refractivity contribution < 1.29 is 0 Å². The van der Waals surface area contributed by atoms with Crippen molar-refractivity contribution in [2.24, 2.45) is 0 Å². The summed E-state index contributed by atoms with van der Waals surface area (Å²) < 4.78 is 0. The van der Waals surface area contributed by atoms with E-state index >= 15 is 0 Å². The first-order valence-electron chi connectivity index (χ1n) is 6.58. The molecule has 0 amide bonds. The fourth-order valence-electron chi connectivity index (χ4n) is 2.74. The minimum absolute atomic E-state index is 0.0112. The van der Waals surface area contributed by atoms with Crippen molar-refractivity contribution in [3.8, 4) is 0 Å². The van der Waals surface area contributed by atoms with Gasteiger partial charge in [-0.2, -0.15) is 0 Å². The second-order valence-corrected chi connectivity index (χ2v) is 5.15. The lowest BCUT2D eigenvalue weighted by Crippen LogP contribution is -2.26. The lowest BCUT2D eigenvalue weighted by atomic mass is 9.89. The van der Waals surface area contributed by atoms with Crippen LogP contribution >= 0.6 is 0 Å². The average molecular weight is 242 g/mol. The molecule has 1 aliphatic heterocycles. The number of fused-ring (bicyclic) bond motifs is 1. The van der Waals surface area contributed by atoms with Crippen molar-refractivity contribution >= 4 is 10.9 Å². The second kappa shape index (κ2) is 4.58. The average Bonchev–Trinajstić information content (AvgIpc) is 2.41. The number of rotatable bonds is 1. The molecule has 1 aliphatic rings. The Morgan fingerprint density at radius 1 is 1.17 bits per heavy atom. The van der Waals surface area contributed by atoms with Gasteiger partial charge in [-0.05, 0) is 67.9 Å². The molecule has 0 atom stereocenters. The van der Waals surface area contributed by atoms with E-state index in [-0.39, 0.29) is 5.56 Å². The minimum Gasteiger partial charge on any atom is -0.322 e. The van der Waals surface area contributed by atoms with Crippen molar-refractivity contribution in [3.63, 3.8) is 0 Å². The Morgan fingerprint density at radius 2 is 1.94 bits per heavy atom. The Hall–Kier alpha value is -1.61. The lowest BCUT2D eigenvalue weighted by molar-refractivity contribution is 0.460. The van der Waals surface area contributed by atoms with Crippen LogP contribution in [0.25, 0.3) is 10.9 Å². The Morgan fingerprint density at radius 3 is 2.72 bits per heavy atom. The number of aryl methyl sites for hydroxylation is 1. The highest BCUT2D eigenvalue weighted by Gasteiger charge is 2.15. The fraction of sp³-hybridized carbons (Fsp3) is 0.400. The van der Waals surface area contributed by atoms with Gasteiger partial charge in [-0.15, -0.1) is 0 Å². The Kier molecular flexibility index (Phi) is 2.92. The van der Waals surface area contributed by atoms with Crippen molar-refractivity contribution in [2.45, 2.75) is 25.7 Å². The summed E-state index contributed by atoms with van der Waals surface area (Å²) in [5.41, 5.74) is 3.13. The van der Waals surface area contributed by atoms with E-state index in [9.17, 15) is 4.79 Å². The van der Waals surface area contributed by atoms with Gasteiger partial charge in [0.2, 0.25) is 0 Å². The molecule has 1 fully saturated rings. The molecule has 2 aromatic rings. The zero-order valence-electron chi connectivity index (χ0n) is 10.6. The third kappa shape index (κ3) is 2.06. The summed E-state index contributed by atoms with van der Waals surface area (Å²) in [7, 11) is 0. The van der Waals surface area contributed by atoms with Gasteiger partial charge >= 0.3 is 0 Å². The van der Waals surface area contributed by atoms with Gasteiger partial charge in [0, 0.05) is 11.1 Å². The van der Waals surface area contributed by atoms with Crippen LogP contribution in [0, 0.1) is 6.92 Å². The first kappa shape index (κ1) is 11.5. The van der Waals surface area contributed by atoms with E-state index in [4.69, 9.17) is 0 Å². The predicted octanol–water partition coefficient (Wildman–Crippen LogP) is 2.30. The summed E-state index contributed by atoms with van der Waals surface area (Å²) in [4.78, 5) is 14.5. The summed E-state index contributed by atoms with van der Waals surface area (Å²) in [6.45, 7) is 4.07. The number of hydrogen-bond donors (Lipinski definition) is 2. The molecule has 3 nitrogen and oxygen atoms in total. The van der Waals surface area contributed by atoms with Crippen LogP contribution in [0.15, 0.2) is 29.1 Å². The molecule has 18 heavy (non-hydrogen) atoms. The highest BCUT2D eigenvalue weighted by Crippen LogP contribution is 2.27. The van der Waals surface area contributed by atoms with Gasteiger partial charge in [0.25, 0.3) is 5.56 Å². The van der Waals surface area contributed by atoms with Gasteiger partial charge in [-0.1, -0.05) is 6.07 Å². The smallest absolute Gasteiger partial charge is 0.251 e. The summed E-state index contributed by atoms with van der Waals surface area (Å²) in [6, 6.07) is 8.41. The maximum atomic E-state index is 11.6. The van der Waals surface area contributed by atoms with Gasteiger partial charge in [0.1, 0.15) is 0 Å². The molecule has 0 aliphatic carbocycles. The maximum absolute atomic E-state index is 11.6. The molecule has 0 spiro atoms. The normalized spacial score (nSPS) is 17.2. The third-order valence-electron chi connectivity index (χ3n) is 3.86. The van der Waals surface area contributed by atoms with Crippen molar-refractivity contribution in [3.05, 3.63) is 45.7 Å². The van der Waals surface area contributed by atoms with Crippen molar-refractivity contribution in [1.82, 2.24) is 10.3 Å². The largest absolute Gasteiger partial charge is 0.322 e. The van der Waals surface area contributed by atoms with Crippen LogP contribution in [-0.2, 0) is 0 Å². The van der Waals surface area contributed by atoms with Crippen LogP contribution < -0.4 is 10.9 Å². The van der Waals surface area contributed by atoms with Gasteiger partial charge < -0.3 is 10.3 Å². The van der Waals surface area contributed by atoms with Crippen LogP contribution in [0.1, 0.15) is 29.9 Å². The first-order chi connectivity index (χ1) is 8.74. The van der Waals surface area contributed by atoms with Gasteiger partial charge in [0.15, 0.2) is 0 Å². The molecule has 0 saturated carbocycles. The van der Waals surface area contributed by atoms with Crippen LogP contribution in [0.4, 0.5) is 0 Å². The molecule has 3 rings (SSSR count). The van der Waals surface area contributed by atoms with Crippen LogP contribution in [-0.4, -0.2) is 18.1 Å². The molecule has 1 aromatic carbocycles. The SMILES string of the molecule is Cc1cc2cc(C3CCNCC3)ccc2[nH]c1=O. The number of piperidine rings is 1.